The molecule has 0 spiro atoms. The van der Waals surface area contributed by atoms with Crippen molar-refractivity contribution in [3.8, 4) is 0 Å². The first-order valence-corrected chi connectivity index (χ1v) is 5.25. The molecule has 0 bridgehead atoms. The Kier molecular flexibility index (Phi) is 2.64. The largest absolute Gasteiger partial charge is 0.399 e. The van der Waals surface area contributed by atoms with E-state index in [1.165, 1.54) is 17.5 Å². The normalized spacial score (nSPS) is 9.87. The quantitative estimate of drug-likeness (QED) is 0.811. The summed E-state index contributed by atoms with van der Waals surface area (Å²) in [5.74, 6) is -0.249. The highest BCUT2D eigenvalue weighted by Gasteiger charge is 2.07. The van der Waals surface area contributed by atoms with Gasteiger partial charge in [-0.1, -0.05) is 0 Å². The number of thiophene rings is 1. The van der Waals surface area contributed by atoms with Gasteiger partial charge in [-0.2, -0.15) is 11.3 Å². The molecule has 0 radical (unpaired) electrons. The van der Waals surface area contributed by atoms with E-state index in [0.717, 1.165) is 5.69 Å². The smallest absolute Gasteiger partial charge is 0.274 e. The molecule has 0 aliphatic heterocycles. The van der Waals surface area contributed by atoms with Crippen LogP contribution in [0.15, 0.2) is 35.2 Å². The van der Waals surface area contributed by atoms with Crippen LogP contribution in [-0.4, -0.2) is 10.9 Å². The Balaban J connectivity index is 2.15. The van der Waals surface area contributed by atoms with Crippen molar-refractivity contribution in [1.82, 2.24) is 4.98 Å². The second kappa shape index (κ2) is 4.10. The average molecular weight is 219 g/mol. The first kappa shape index (κ1) is 9.67. The van der Waals surface area contributed by atoms with Crippen molar-refractivity contribution in [2.24, 2.45) is 0 Å². The summed E-state index contributed by atoms with van der Waals surface area (Å²) in [6.45, 7) is 0. The number of carbonyl (C=O) groups is 1. The molecule has 0 saturated carbocycles. The molecule has 0 aliphatic carbocycles. The van der Waals surface area contributed by atoms with Crippen LogP contribution in [0.2, 0.25) is 0 Å². The summed E-state index contributed by atoms with van der Waals surface area (Å²) in [5, 5.41) is 6.46. The van der Waals surface area contributed by atoms with Crippen LogP contribution >= 0.6 is 11.3 Å². The number of nitrogens with zero attached hydrogens (tertiary/aromatic N) is 1. The number of hydrogen-bond donors (Lipinski definition) is 2. The zero-order chi connectivity index (χ0) is 10.7. The molecule has 4 nitrogen and oxygen atoms in total. The molecule has 2 aromatic rings. The van der Waals surface area contributed by atoms with E-state index in [2.05, 4.69) is 10.3 Å². The summed E-state index contributed by atoms with van der Waals surface area (Å²) in [7, 11) is 0. The summed E-state index contributed by atoms with van der Waals surface area (Å²) in [6.07, 6.45) is 1.51. The molecule has 0 aliphatic rings. The lowest BCUT2D eigenvalue weighted by Crippen LogP contribution is -2.13. The van der Waals surface area contributed by atoms with Crippen LogP contribution in [0.1, 0.15) is 10.5 Å². The number of nitrogens with two attached hydrogens (primary N) is 1. The molecule has 0 aromatic carbocycles. The number of rotatable bonds is 2. The van der Waals surface area contributed by atoms with E-state index < -0.39 is 0 Å². The zero-order valence-corrected chi connectivity index (χ0v) is 8.62. The van der Waals surface area contributed by atoms with Crippen LogP contribution in [0.25, 0.3) is 0 Å². The van der Waals surface area contributed by atoms with Crippen molar-refractivity contribution in [3.63, 3.8) is 0 Å². The van der Waals surface area contributed by atoms with Crippen molar-refractivity contribution >= 4 is 28.6 Å². The number of amides is 1. The fourth-order valence-electron chi connectivity index (χ4n) is 1.10. The Bertz CT molecular complexity index is 467. The molecule has 2 rings (SSSR count). The molecule has 0 saturated heterocycles. The van der Waals surface area contributed by atoms with Gasteiger partial charge in [0, 0.05) is 17.3 Å². The highest BCUT2D eigenvalue weighted by Crippen LogP contribution is 2.13. The van der Waals surface area contributed by atoms with Gasteiger partial charge in [-0.15, -0.1) is 0 Å². The van der Waals surface area contributed by atoms with Crippen molar-refractivity contribution in [3.05, 3.63) is 40.8 Å². The van der Waals surface area contributed by atoms with Gasteiger partial charge in [-0.05, 0) is 23.6 Å². The molecule has 2 aromatic heterocycles. The second-order valence-corrected chi connectivity index (χ2v) is 3.72. The third kappa shape index (κ3) is 2.32. The fourth-order valence-corrected chi connectivity index (χ4v) is 1.69. The molecule has 0 atom stereocenters. The monoisotopic (exact) mass is 219 g/mol. The number of nitrogens with one attached hydrogen (secondary N) is 1. The lowest BCUT2D eigenvalue weighted by Gasteiger charge is -2.02. The molecular weight excluding hydrogens is 210 g/mol. The van der Waals surface area contributed by atoms with Crippen LogP contribution in [0.5, 0.6) is 0 Å². The maximum absolute atomic E-state index is 11.6. The predicted octanol–water partition coefficient (Wildman–Crippen LogP) is 1.98. The third-order valence-corrected chi connectivity index (χ3v) is 2.48. The zero-order valence-electron chi connectivity index (χ0n) is 7.81. The molecule has 15 heavy (non-hydrogen) atoms. The Morgan fingerprint density at radius 2 is 2.33 bits per heavy atom. The number of pyridine rings is 1. The maximum Gasteiger partial charge on any atom is 0.274 e. The molecule has 2 heterocycles. The number of carbonyl (C=O) groups excluding carboxylic acids is 1. The third-order valence-electron chi connectivity index (χ3n) is 1.80. The molecule has 76 valence electrons. The topological polar surface area (TPSA) is 68.0 Å². The lowest BCUT2D eigenvalue weighted by atomic mass is 10.3. The minimum Gasteiger partial charge on any atom is -0.399 e. The highest BCUT2D eigenvalue weighted by atomic mass is 32.1. The van der Waals surface area contributed by atoms with E-state index in [1.807, 2.05) is 16.8 Å². The van der Waals surface area contributed by atoms with Gasteiger partial charge in [0.1, 0.15) is 5.69 Å². The standard InChI is InChI=1S/C10H9N3OS/c11-7-1-3-12-9(5-7)10(14)13-8-2-4-15-6-8/h1-6H,(H2,11,12)(H,13,14). The Hall–Kier alpha value is -1.88. The Labute approximate surface area is 90.8 Å². The van der Waals surface area contributed by atoms with Crippen molar-refractivity contribution in [2.75, 3.05) is 11.1 Å². The summed E-state index contributed by atoms with van der Waals surface area (Å²) < 4.78 is 0. The van der Waals surface area contributed by atoms with Gasteiger partial charge >= 0.3 is 0 Å². The van der Waals surface area contributed by atoms with Crippen LogP contribution in [0.3, 0.4) is 0 Å². The number of hydrogen-bond acceptors (Lipinski definition) is 4. The van der Waals surface area contributed by atoms with Gasteiger partial charge in [0.2, 0.25) is 0 Å². The van der Waals surface area contributed by atoms with E-state index in [0.29, 0.717) is 11.4 Å². The number of nitrogen functional groups attached to an aromatic ring is 1. The van der Waals surface area contributed by atoms with Crippen molar-refractivity contribution < 1.29 is 4.79 Å². The van der Waals surface area contributed by atoms with Gasteiger partial charge in [-0.3, -0.25) is 9.78 Å². The molecule has 5 heteroatoms. The molecule has 1 amide bonds. The first-order valence-electron chi connectivity index (χ1n) is 4.31. The number of anilines is 2. The van der Waals surface area contributed by atoms with Gasteiger partial charge < -0.3 is 11.1 Å². The van der Waals surface area contributed by atoms with Crippen LogP contribution in [0.4, 0.5) is 11.4 Å². The van der Waals surface area contributed by atoms with Gasteiger partial charge in [0.15, 0.2) is 0 Å². The number of aromatic nitrogens is 1. The summed E-state index contributed by atoms with van der Waals surface area (Å²) >= 11 is 1.52. The van der Waals surface area contributed by atoms with Crippen molar-refractivity contribution in [2.45, 2.75) is 0 Å². The minimum atomic E-state index is -0.249. The van der Waals surface area contributed by atoms with E-state index in [-0.39, 0.29) is 5.91 Å². The average Bonchev–Trinajstić information content (AvgIpc) is 2.70. The minimum absolute atomic E-state index is 0.249. The predicted molar refractivity (Wildman–Crippen MR) is 60.9 cm³/mol. The van der Waals surface area contributed by atoms with Crippen LogP contribution in [0, 0.1) is 0 Å². The van der Waals surface area contributed by atoms with Gasteiger partial charge in [0.05, 0.1) is 5.69 Å². The van der Waals surface area contributed by atoms with E-state index >= 15 is 0 Å². The second-order valence-electron chi connectivity index (χ2n) is 2.94. The lowest BCUT2D eigenvalue weighted by molar-refractivity contribution is 0.102. The Morgan fingerprint density at radius 3 is 3.00 bits per heavy atom. The SMILES string of the molecule is Nc1ccnc(C(=O)Nc2ccsc2)c1. The Morgan fingerprint density at radius 1 is 1.47 bits per heavy atom. The summed E-state index contributed by atoms with van der Waals surface area (Å²) in [6, 6.07) is 5.01. The fraction of sp³-hybridized carbons (Fsp3) is 0. The highest BCUT2D eigenvalue weighted by molar-refractivity contribution is 7.08. The molecule has 3 N–H and O–H groups in total. The van der Waals surface area contributed by atoms with E-state index in [4.69, 9.17) is 5.73 Å². The molecule has 0 fully saturated rings. The van der Waals surface area contributed by atoms with Crippen molar-refractivity contribution in [1.29, 1.82) is 0 Å². The van der Waals surface area contributed by atoms with Gasteiger partial charge in [0.25, 0.3) is 5.91 Å². The maximum atomic E-state index is 11.6. The molecule has 0 unspecified atom stereocenters. The van der Waals surface area contributed by atoms with E-state index in [9.17, 15) is 4.79 Å². The van der Waals surface area contributed by atoms with Crippen LogP contribution in [-0.2, 0) is 0 Å². The summed E-state index contributed by atoms with van der Waals surface area (Å²) in [5.41, 5.74) is 7.17. The van der Waals surface area contributed by atoms with E-state index in [1.54, 1.807) is 12.1 Å². The molecular formula is C10H9N3OS. The van der Waals surface area contributed by atoms with Gasteiger partial charge in [-0.25, -0.2) is 0 Å². The summed E-state index contributed by atoms with van der Waals surface area (Å²) in [4.78, 5) is 15.6. The first-order chi connectivity index (χ1) is 7.25. The van der Waals surface area contributed by atoms with Crippen LogP contribution < -0.4 is 11.1 Å².